The summed E-state index contributed by atoms with van der Waals surface area (Å²) in [5.41, 5.74) is 2.96. The van der Waals surface area contributed by atoms with Crippen molar-refractivity contribution in [2.75, 3.05) is 19.6 Å². The van der Waals surface area contributed by atoms with E-state index in [4.69, 9.17) is 0 Å². The van der Waals surface area contributed by atoms with Crippen LogP contribution in [0.15, 0.2) is 78.9 Å². The maximum atomic E-state index is 13.5. The number of fused-ring (bicyclic) bond motifs is 1. The molecule has 0 aromatic heterocycles. The second-order valence-corrected chi connectivity index (χ2v) is 11.3. The molecule has 182 valence electrons. The minimum atomic E-state index is -0.651. The van der Waals surface area contributed by atoms with E-state index in [2.05, 4.69) is 43.0 Å². The van der Waals surface area contributed by atoms with Gasteiger partial charge in [-0.05, 0) is 65.3 Å². The molecular formula is C31H34FNO2. The first-order valence-corrected chi connectivity index (χ1v) is 12.6. The van der Waals surface area contributed by atoms with Crippen molar-refractivity contribution in [3.8, 4) is 11.1 Å². The number of aryl methyl sites for hydroxylation is 1. The van der Waals surface area contributed by atoms with Crippen molar-refractivity contribution in [2.45, 2.75) is 45.1 Å². The van der Waals surface area contributed by atoms with Crippen LogP contribution in [0.1, 0.15) is 49.0 Å². The van der Waals surface area contributed by atoms with E-state index < -0.39 is 5.60 Å². The van der Waals surface area contributed by atoms with Crippen molar-refractivity contribution in [2.24, 2.45) is 10.8 Å². The highest BCUT2D eigenvalue weighted by atomic mass is 19.1. The predicted octanol–water partition coefficient (Wildman–Crippen LogP) is 6.16. The molecule has 3 aromatic rings. The topological polar surface area (TPSA) is 40.5 Å². The normalized spacial score (nSPS) is 28.2. The number of likely N-dealkylation sites (tertiary alicyclic amines) is 1. The van der Waals surface area contributed by atoms with Gasteiger partial charge in [0.05, 0.1) is 12.1 Å². The van der Waals surface area contributed by atoms with Crippen LogP contribution in [0.3, 0.4) is 0 Å². The number of aliphatic hydroxyl groups is 1. The van der Waals surface area contributed by atoms with Crippen LogP contribution in [-0.2, 0) is 6.42 Å². The number of halogens is 1. The van der Waals surface area contributed by atoms with Gasteiger partial charge in [0, 0.05) is 18.7 Å². The summed E-state index contributed by atoms with van der Waals surface area (Å²) in [6, 6.07) is 24.3. The molecule has 3 nitrogen and oxygen atoms in total. The molecule has 3 atom stereocenters. The summed E-state index contributed by atoms with van der Waals surface area (Å²) in [7, 11) is 0. The average Bonchev–Trinajstić information content (AvgIpc) is 3.17. The Morgan fingerprint density at radius 2 is 1.54 bits per heavy atom. The van der Waals surface area contributed by atoms with Crippen molar-refractivity contribution in [3.63, 3.8) is 0 Å². The van der Waals surface area contributed by atoms with E-state index >= 15 is 0 Å². The number of benzene rings is 3. The molecule has 2 fully saturated rings. The lowest BCUT2D eigenvalue weighted by Gasteiger charge is -2.32. The predicted molar refractivity (Wildman–Crippen MR) is 138 cm³/mol. The number of hydrogen-bond acceptors (Lipinski definition) is 3. The van der Waals surface area contributed by atoms with Gasteiger partial charge >= 0.3 is 0 Å². The zero-order chi connectivity index (χ0) is 24.7. The number of rotatable bonds is 7. The first kappa shape index (κ1) is 23.9. The minimum Gasteiger partial charge on any atom is -0.390 e. The zero-order valence-corrected chi connectivity index (χ0v) is 20.6. The molecule has 35 heavy (non-hydrogen) atoms. The third kappa shape index (κ3) is 4.82. The van der Waals surface area contributed by atoms with Gasteiger partial charge in [0.2, 0.25) is 0 Å². The maximum absolute atomic E-state index is 13.5. The summed E-state index contributed by atoms with van der Waals surface area (Å²) in [6.45, 7) is 6.60. The lowest BCUT2D eigenvalue weighted by Crippen LogP contribution is -2.35. The van der Waals surface area contributed by atoms with E-state index in [0.717, 1.165) is 49.9 Å². The molecule has 3 aromatic carbocycles. The Morgan fingerprint density at radius 1 is 0.886 bits per heavy atom. The highest BCUT2D eigenvalue weighted by Crippen LogP contribution is 2.61. The number of ketones is 1. The summed E-state index contributed by atoms with van der Waals surface area (Å²) < 4.78 is 13.5. The van der Waals surface area contributed by atoms with Gasteiger partial charge in [-0.2, -0.15) is 0 Å². The van der Waals surface area contributed by atoms with Gasteiger partial charge in [-0.15, -0.1) is 0 Å². The van der Waals surface area contributed by atoms with Crippen molar-refractivity contribution >= 4 is 5.78 Å². The standard InChI is InChI=1S/C31H34FNO2/c1-29-19-31(35,16-15-23-7-4-3-5-8-23)20-30(29,2)22-33(21-29)18-28(34)25-13-11-24(12-14-25)26-9-6-10-27(32)17-26/h3-14,17,35H,15-16,18-22H2,1-2H3/t29-,30+,31?. The van der Waals surface area contributed by atoms with Gasteiger partial charge in [-0.25, -0.2) is 4.39 Å². The third-order valence-corrected chi connectivity index (χ3v) is 8.49. The van der Waals surface area contributed by atoms with E-state index in [9.17, 15) is 14.3 Å². The van der Waals surface area contributed by atoms with E-state index in [0.29, 0.717) is 12.1 Å². The molecule has 0 radical (unpaired) electrons. The van der Waals surface area contributed by atoms with Crippen LogP contribution in [-0.4, -0.2) is 41.0 Å². The van der Waals surface area contributed by atoms with Gasteiger partial charge < -0.3 is 5.11 Å². The Hall–Kier alpha value is -2.82. The molecular weight excluding hydrogens is 437 g/mol. The van der Waals surface area contributed by atoms with Crippen LogP contribution in [0, 0.1) is 16.6 Å². The van der Waals surface area contributed by atoms with E-state index in [1.54, 1.807) is 6.07 Å². The Morgan fingerprint density at radius 3 is 2.17 bits per heavy atom. The molecule has 1 aliphatic carbocycles. The average molecular weight is 472 g/mol. The lowest BCUT2D eigenvalue weighted by atomic mass is 9.71. The van der Waals surface area contributed by atoms with Crippen LogP contribution >= 0.6 is 0 Å². The van der Waals surface area contributed by atoms with Crippen molar-refractivity contribution < 1.29 is 14.3 Å². The fraction of sp³-hybridized carbons (Fsp3) is 0.387. The van der Waals surface area contributed by atoms with Gasteiger partial charge in [0.15, 0.2) is 5.78 Å². The number of Topliss-reactive ketones (excluding diaryl/α,β-unsaturated/α-hetero) is 1. The van der Waals surface area contributed by atoms with Crippen LogP contribution in [0.4, 0.5) is 4.39 Å². The Kier molecular flexibility index (Phi) is 6.14. The van der Waals surface area contributed by atoms with Gasteiger partial charge in [-0.3, -0.25) is 9.69 Å². The second-order valence-electron chi connectivity index (χ2n) is 11.3. The summed E-state index contributed by atoms with van der Waals surface area (Å²) >= 11 is 0. The first-order chi connectivity index (χ1) is 16.7. The Bertz CT molecular complexity index is 1190. The summed E-state index contributed by atoms with van der Waals surface area (Å²) in [6.07, 6.45) is 3.21. The first-order valence-electron chi connectivity index (χ1n) is 12.6. The largest absolute Gasteiger partial charge is 0.390 e. The van der Waals surface area contributed by atoms with Crippen LogP contribution in [0.25, 0.3) is 11.1 Å². The van der Waals surface area contributed by atoms with E-state index in [-0.39, 0.29) is 22.4 Å². The fourth-order valence-electron chi connectivity index (χ4n) is 6.60. The van der Waals surface area contributed by atoms with Gasteiger partial charge in [-0.1, -0.05) is 80.6 Å². The molecule has 1 unspecified atom stereocenters. The molecule has 1 saturated heterocycles. The van der Waals surface area contributed by atoms with Crippen LogP contribution < -0.4 is 0 Å². The van der Waals surface area contributed by atoms with Gasteiger partial charge in [0.1, 0.15) is 5.82 Å². The highest BCUT2D eigenvalue weighted by molar-refractivity contribution is 5.98. The fourth-order valence-corrected chi connectivity index (χ4v) is 6.60. The second kappa shape index (κ2) is 9.00. The molecule has 5 rings (SSSR count). The summed E-state index contributed by atoms with van der Waals surface area (Å²) in [4.78, 5) is 15.3. The molecule has 1 saturated carbocycles. The minimum absolute atomic E-state index is 0.0139. The van der Waals surface area contributed by atoms with E-state index in [1.807, 2.05) is 36.4 Å². The SMILES string of the molecule is C[C@@]12CN(CC(=O)c3ccc(-c4cccc(F)c4)cc3)C[C@]1(C)CC(O)(CCc1ccccc1)C2. The molecule has 1 N–H and O–H groups in total. The van der Waals surface area contributed by atoms with Crippen molar-refractivity contribution in [3.05, 3.63) is 95.8 Å². The lowest BCUT2D eigenvalue weighted by molar-refractivity contribution is 0.0182. The summed E-state index contributed by atoms with van der Waals surface area (Å²) in [5.74, 6) is -0.168. The molecule has 4 heteroatoms. The van der Waals surface area contributed by atoms with Crippen molar-refractivity contribution in [1.82, 2.24) is 4.90 Å². The molecule has 1 heterocycles. The zero-order valence-electron chi connectivity index (χ0n) is 20.6. The quantitative estimate of drug-likeness (QED) is 0.420. The highest BCUT2D eigenvalue weighted by Gasteiger charge is 2.62. The monoisotopic (exact) mass is 471 g/mol. The van der Waals surface area contributed by atoms with Gasteiger partial charge in [0.25, 0.3) is 0 Å². The maximum Gasteiger partial charge on any atom is 0.176 e. The van der Waals surface area contributed by atoms with E-state index in [1.165, 1.54) is 17.7 Å². The molecule has 0 spiro atoms. The molecule has 1 aliphatic heterocycles. The number of carbonyl (C=O) groups is 1. The molecule has 2 aliphatic rings. The number of carbonyl (C=O) groups excluding carboxylic acids is 1. The molecule has 0 amide bonds. The van der Waals surface area contributed by atoms with Crippen molar-refractivity contribution in [1.29, 1.82) is 0 Å². The number of nitrogens with zero attached hydrogens (tertiary/aromatic N) is 1. The van der Waals surface area contributed by atoms with Crippen LogP contribution in [0.2, 0.25) is 0 Å². The summed E-state index contributed by atoms with van der Waals surface area (Å²) in [5, 5.41) is 11.5. The Labute approximate surface area is 207 Å². The van der Waals surface area contributed by atoms with Crippen LogP contribution in [0.5, 0.6) is 0 Å². The molecule has 0 bridgehead atoms. The Balaban J connectivity index is 1.21. The third-order valence-electron chi connectivity index (χ3n) is 8.49. The number of hydrogen-bond donors (Lipinski definition) is 1. The smallest absolute Gasteiger partial charge is 0.176 e.